The van der Waals surface area contributed by atoms with Crippen LogP contribution in [0.3, 0.4) is 0 Å². The lowest BCUT2D eigenvalue weighted by Gasteiger charge is -1.98. The fourth-order valence-corrected chi connectivity index (χ4v) is 1.48. The average Bonchev–Trinajstić information content (AvgIpc) is 2.54. The van der Waals surface area contributed by atoms with Gasteiger partial charge in [0.2, 0.25) is 0 Å². The normalized spacial score (nSPS) is 9.40. The topological polar surface area (TPSA) is 12.9 Å². The second-order valence-corrected chi connectivity index (χ2v) is 3.90. The van der Waals surface area contributed by atoms with Crippen LogP contribution in [0.5, 0.6) is 0 Å². The van der Waals surface area contributed by atoms with Crippen LogP contribution >= 0.6 is 0 Å². The van der Waals surface area contributed by atoms with Gasteiger partial charge >= 0.3 is 0 Å². The van der Waals surface area contributed by atoms with Gasteiger partial charge in [-0.25, -0.2) is 0 Å². The molecule has 2 rings (SSSR count). The molecule has 0 unspecified atom stereocenters. The van der Waals surface area contributed by atoms with E-state index in [9.17, 15) is 0 Å². The van der Waals surface area contributed by atoms with Crippen LogP contribution in [0, 0.1) is 0 Å². The molecule has 0 aliphatic carbocycles. The fourth-order valence-electron chi connectivity index (χ4n) is 1.48. The van der Waals surface area contributed by atoms with Crippen LogP contribution in [0.2, 0.25) is 0 Å². The zero-order chi connectivity index (χ0) is 14.6. The molecule has 2 aromatic rings. The molecule has 0 amide bonds. The first kappa shape index (κ1) is 15.4. The first-order chi connectivity index (χ1) is 9.81. The van der Waals surface area contributed by atoms with Crippen molar-refractivity contribution in [1.29, 1.82) is 0 Å². The molecule has 0 spiro atoms. The Morgan fingerprint density at radius 1 is 0.800 bits per heavy atom. The van der Waals surface area contributed by atoms with E-state index in [1.807, 2.05) is 42.5 Å². The second-order valence-electron chi connectivity index (χ2n) is 3.90. The summed E-state index contributed by atoms with van der Waals surface area (Å²) in [5.41, 5.74) is 3.17. The summed E-state index contributed by atoms with van der Waals surface area (Å²) in [6.07, 6.45) is 10.9. The quantitative estimate of drug-likeness (QED) is 0.685. The molecule has 0 fully saturated rings. The summed E-state index contributed by atoms with van der Waals surface area (Å²) in [5.74, 6) is 0. The molecule has 0 N–H and O–H groups in total. The van der Waals surface area contributed by atoms with E-state index in [2.05, 4.69) is 42.9 Å². The summed E-state index contributed by atoms with van der Waals surface area (Å²) in [4.78, 5) is 4.31. The van der Waals surface area contributed by atoms with Gasteiger partial charge in [0.1, 0.15) is 0 Å². The van der Waals surface area contributed by atoms with Crippen LogP contribution < -0.4 is 0 Å². The van der Waals surface area contributed by atoms with Gasteiger partial charge in [0.05, 0.1) is 5.69 Å². The summed E-state index contributed by atoms with van der Waals surface area (Å²) in [5, 5.41) is 0. The molecule has 1 heterocycles. The Morgan fingerprint density at radius 2 is 1.50 bits per heavy atom. The molecule has 0 saturated heterocycles. The van der Waals surface area contributed by atoms with E-state index >= 15 is 0 Å². The summed E-state index contributed by atoms with van der Waals surface area (Å²) in [6, 6.07) is 14.1. The molecule has 100 valence electrons. The predicted octanol–water partition coefficient (Wildman–Crippen LogP) is 5.25. The van der Waals surface area contributed by atoms with E-state index in [-0.39, 0.29) is 0 Å². The van der Waals surface area contributed by atoms with Crippen LogP contribution in [0.4, 0.5) is 0 Å². The molecule has 0 aliphatic heterocycles. The van der Waals surface area contributed by atoms with E-state index in [1.54, 1.807) is 18.3 Å². The maximum absolute atomic E-state index is 4.31. The summed E-state index contributed by atoms with van der Waals surface area (Å²) in [6.45, 7) is 10.5. The third-order valence-electron chi connectivity index (χ3n) is 2.49. The first-order valence-corrected chi connectivity index (χ1v) is 6.36. The zero-order valence-electron chi connectivity index (χ0n) is 11.6. The first-order valence-electron chi connectivity index (χ1n) is 6.36. The summed E-state index contributed by atoms with van der Waals surface area (Å²) in [7, 11) is 0. The van der Waals surface area contributed by atoms with Crippen molar-refractivity contribution < 1.29 is 0 Å². The average molecular weight is 261 g/mol. The molecular formula is C19H19N. The van der Waals surface area contributed by atoms with Gasteiger partial charge < -0.3 is 0 Å². The lowest BCUT2D eigenvalue weighted by atomic mass is 10.1. The Hall–Kier alpha value is -2.67. The second kappa shape index (κ2) is 9.29. The summed E-state index contributed by atoms with van der Waals surface area (Å²) >= 11 is 0. The third kappa shape index (κ3) is 5.32. The maximum atomic E-state index is 4.31. The number of nitrogens with zero attached hydrogens (tertiary/aromatic N) is 1. The van der Waals surface area contributed by atoms with Crippen molar-refractivity contribution in [2.75, 3.05) is 0 Å². The predicted molar refractivity (Wildman–Crippen MR) is 90.1 cm³/mol. The molecule has 0 atom stereocenters. The fraction of sp³-hybridized carbons (Fsp3) is 0. The highest BCUT2D eigenvalue weighted by Gasteiger charge is 1.94. The van der Waals surface area contributed by atoms with Gasteiger partial charge in [0.15, 0.2) is 0 Å². The van der Waals surface area contributed by atoms with Gasteiger partial charge in [-0.05, 0) is 23.3 Å². The highest BCUT2D eigenvalue weighted by Crippen LogP contribution is 2.11. The smallest absolute Gasteiger partial charge is 0.0701 e. The molecule has 1 aromatic heterocycles. The van der Waals surface area contributed by atoms with E-state index in [4.69, 9.17) is 0 Å². The van der Waals surface area contributed by atoms with Crippen LogP contribution in [0.1, 0.15) is 16.8 Å². The van der Waals surface area contributed by atoms with E-state index in [0.29, 0.717) is 0 Å². The SMILES string of the molecule is C=CC=C.C=Cc1cccnc1C=Cc1ccccc1. The number of pyridine rings is 1. The molecule has 0 radical (unpaired) electrons. The molecular weight excluding hydrogens is 242 g/mol. The van der Waals surface area contributed by atoms with Crippen LogP contribution in [0.15, 0.2) is 80.6 Å². The minimum Gasteiger partial charge on any atom is -0.256 e. The van der Waals surface area contributed by atoms with Gasteiger partial charge in [-0.2, -0.15) is 0 Å². The van der Waals surface area contributed by atoms with Crippen molar-refractivity contribution in [3.63, 3.8) is 0 Å². The Kier molecular flexibility index (Phi) is 7.14. The Balaban J connectivity index is 0.000000444. The van der Waals surface area contributed by atoms with Crippen LogP contribution in [-0.4, -0.2) is 4.98 Å². The Labute approximate surface area is 121 Å². The van der Waals surface area contributed by atoms with Crippen molar-refractivity contribution in [1.82, 2.24) is 4.98 Å². The standard InChI is InChI=1S/C15H13N.C4H6/c1-2-14-9-6-12-16-15(14)11-10-13-7-4-3-5-8-13;1-3-4-2/h2-12H,1H2;3-4H,1-2H2. The lowest BCUT2D eigenvalue weighted by molar-refractivity contribution is 1.28. The largest absolute Gasteiger partial charge is 0.256 e. The van der Waals surface area contributed by atoms with E-state index in [1.165, 1.54) is 5.56 Å². The summed E-state index contributed by atoms with van der Waals surface area (Å²) < 4.78 is 0. The number of aromatic nitrogens is 1. The number of allylic oxidation sites excluding steroid dienone is 2. The number of hydrogen-bond acceptors (Lipinski definition) is 1. The number of hydrogen-bond donors (Lipinski definition) is 0. The molecule has 20 heavy (non-hydrogen) atoms. The minimum atomic E-state index is 0.946. The van der Waals surface area contributed by atoms with E-state index < -0.39 is 0 Å². The number of rotatable bonds is 4. The molecule has 1 aromatic carbocycles. The van der Waals surface area contributed by atoms with Gasteiger partial charge in [-0.1, -0.05) is 80.4 Å². The van der Waals surface area contributed by atoms with Gasteiger partial charge in [0, 0.05) is 6.20 Å². The van der Waals surface area contributed by atoms with Crippen LogP contribution in [-0.2, 0) is 0 Å². The molecule has 1 heteroatoms. The zero-order valence-corrected chi connectivity index (χ0v) is 11.6. The van der Waals surface area contributed by atoms with Crippen LogP contribution in [0.25, 0.3) is 18.2 Å². The van der Waals surface area contributed by atoms with E-state index in [0.717, 1.165) is 11.3 Å². The Bertz CT molecular complexity index is 574. The van der Waals surface area contributed by atoms with Crippen molar-refractivity contribution in [2.45, 2.75) is 0 Å². The maximum Gasteiger partial charge on any atom is 0.0701 e. The Morgan fingerprint density at radius 3 is 2.10 bits per heavy atom. The highest BCUT2D eigenvalue weighted by atomic mass is 14.7. The molecule has 0 saturated carbocycles. The molecule has 0 aliphatic rings. The van der Waals surface area contributed by atoms with Gasteiger partial charge in [-0.15, -0.1) is 0 Å². The highest BCUT2D eigenvalue weighted by molar-refractivity contribution is 5.72. The van der Waals surface area contributed by atoms with Crippen molar-refractivity contribution in [2.24, 2.45) is 0 Å². The third-order valence-corrected chi connectivity index (χ3v) is 2.49. The van der Waals surface area contributed by atoms with Crippen molar-refractivity contribution in [3.8, 4) is 0 Å². The van der Waals surface area contributed by atoms with Gasteiger partial charge in [0.25, 0.3) is 0 Å². The van der Waals surface area contributed by atoms with Gasteiger partial charge in [-0.3, -0.25) is 4.98 Å². The molecule has 1 nitrogen and oxygen atoms in total. The monoisotopic (exact) mass is 261 g/mol. The minimum absolute atomic E-state index is 0.946. The van der Waals surface area contributed by atoms with Crippen molar-refractivity contribution in [3.05, 3.63) is 97.4 Å². The lowest BCUT2D eigenvalue weighted by Crippen LogP contribution is -1.84. The van der Waals surface area contributed by atoms with Crippen molar-refractivity contribution >= 4 is 18.2 Å². The number of benzene rings is 1. The molecule has 0 bridgehead atoms.